The first kappa shape index (κ1) is 78.4. The number of terminal acetylenes is 3. The summed E-state index contributed by atoms with van der Waals surface area (Å²) in [4.78, 5) is 2.51. The van der Waals surface area contributed by atoms with E-state index in [1.54, 1.807) is 42.5 Å². The fourth-order valence-corrected chi connectivity index (χ4v) is 12.6. The Morgan fingerprint density at radius 3 is 1.57 bits per heavy atom. The number of nitrogens with two attached hydrogens (primary N) is 1. The fraction of sp³-hybridized carbons (Fsp3) is 0.333. The number of pyridine rings is 5. The van der Waals surface area contributed by atoms with Crippen LogP contribution >= 0.6 is 12.2 Å². The van der Waals surface area contributed by atoms with Gasteiger partial charge in [-0.1, -0.05) is 73.8 Å². The molecule has 1 unspecified atom stereocenters. The van der Waals surface area contributed by atoms with Crippen molar-refractivity contribution in [1.29, 1.82) is 0 Å². The highest BCUT2D eigenvalue weighted by Crippen LogP contribution is 2.39. The van der Waals surface area contributed by atoms with E-state index < -0.39 is 35.3 Å². The maximum Gasteiger partial charge on any atom is 0.485 e. The van der Waals surface area contributed by atoms with Gasteiger partial charge in [0.2, 0.25) is 25.2 Å². The highest BCUT2D eigenvalue weighted by atomic mass is 32.3. The molecule has 5 aromatic heterocycles. The molecule has 1 aliphatic carbocycles. The molecule has 5 heterocycles. The minimum Gasteiger partial charge on any atom is -0.744 e. The molecule has 3 aromatic carbocycles. The number of hydrogen-bond donors (Lipinski definition) is 3. The van der Waals surface area contributed by atoms with Gasteiger partial charge in [0.05, 0.1) is 27.2 Å². The zero-order valence-electron chi connectivity index (χ0n) is 55.0. The minimum absolute atomic E-state index is 0.0874. The van der Waals surface area contributed by atoms with Crippen LogP contribution in [0.3, 0.4) is 0 Å². The van der Waals surface area contributed by atoms with E-state index in [-0.39, 0.29) is 19.9 Å². The van der Waals surface area contributed by atoms with Crippen LogP contribution < -0.4 is 33.3 Å². The molecule has 0 saturated heterocycles. The lowest BCUT2D eigenvalue weighted by Crippen LogP contribution is -2.45. The Labute approximate surface area is 569 Å². The van der Waals surface area contributed by atoms with Gasteiger partial charge in [0.15, 0.2) is 65.4 Å². The average Bonchev–Trinajstić information content (AvgIpc) is 0.733. The van der Waals surface area contributed by atoms with E-state index in [0.29, 0.717) is 37.8 Å². The molecular formula is C72H86F3N8O9S4+3. The van der Waals surface area contributed by atoms with Gasteiger partial charge < -0.3 is 24.1 Å². The van der Waals surface area contributed by atoms with Crippen LogP contribution in [0, 0.1) is 44.0 Å². The predicted molar refractivity (Wildman–Crippen MR) is 369 cm³/mol. The summed E-state index contributed by atoms with van der Waals surface area (Å²) in [5, 5.41) is 10.3. The number of fused-ring (bicyclic) bond motifs is 2. The molecule has 17 nitrogen and oxygen atoms in total. The summed E-state index contributed by atoms with van der Waals surface area (Å²) in [6.07, 6.45) is 41.2. The SMILES string of the molecule is C#CC[n+]1c2c(cc3cc(S(N)(=O)(O)c4cccc(NC(=S)OCC)c4)ccc31)CCCC2CN(CC)CC.C#CC[n+]1ccc(-c2cc[n+](CC#C)cc2)cc1.CCCC[n+]1ccc(-c2cc[n+](CCCC)cc2)cc1.Cc1ccc(S(=O)(=O)[O-])cc1.O=S(=O)([O-])C(F)(F)F. The number of nitrogens with one attached hydrogen (secondary N) is 1. The Balaban J connectivity index is 0.000000244. The first-order valence-electron chi connectivity index (χ1n) is 31.3. The summed E-state index contributed by atoms with van der Waals surface area (Å²) in [5.74, 6) is 8.42. The lowest BCUT2D eigenvalue weighted by Gasteiger charge is -2.39. The molecule has 8 aromatic rings. The number of aryl methyl sites for hydroxylation is 4. The van der Waals surface area contributed by atoms with Gasteiger partial charge in [-0.3, -0.25) is 4.55 Å². The highest BCUT2D eigenvalue weighted by molar-refractivity contribution is 8.13. The molecule has 1 atom stereocenters. The van der Waals surface area contributed by atoms with Crippen molar-refractivity contribution in [3.8, 4) is 59.3 Å². The first-order chi connectivity index (χ1) is 45.5. The molecule has 510 valence electrons. The lowest BCUT2D eigenvalue weighted by molar-refractivity contribution is -0.697. The van der Waals surface area contributed by atoms with Crippen LogP contribution in [0.2, 0.25) is 0 Å². The zero-order chi connectivity index (χ0) is 70.7. The van der Waals surface area contributed by atoms with Crippen molar-refractivity contribution in [1.82, 2.24) is 4.90 Å². The summed E-state index contributed by atoms with van der Waals surface area (Å²) in [6, 6.07) is 36.7. The smallest absolute Gasteiger partial charge is 0.485 e. The van der Waals surface area contributed by atoms with Crippen LogP contribution in [0.4, 0.5) is 18.9 Å². The van der Waals surface area contributed by atoms with Gasteiger partial charge >= 0.3 is 5.51 Å². The summed E-state index contributed by atoms with van der Waals surface area (Å²) in [6.45, 7) is 19.8. The van der Waals surface area contributed by atoms with Gasteiger partial charge in [0.25, 0.3) is 5.17 Å². The van der Waals surface area contributed by atoms with Gasteiger partial charge in [-0.25, -0.2) is 31.1 Å². The average molecular weight is 1390 g/mol. The topological polar surface area (TPSA) is 222 Å². The van der Waals surface area contributed by atoms with Crippen LogP contribution in [0.25, 0.3) is 33.2 Å². The maximum absolute atomic E-state index is 14.1. The number of thiocarbonyl (C=S) groups is 1. The van der Waals surface area contributed by atoms with E-state index in [4.69, 9.17) is 54.3 Å². The van der Waals surface area contributed by atoms with E-state index in [1.807, 2.05) is 53.8 Å². The van der Waals surface area contributed by atoms with Crippen LogP contribution in [-0.2, 0) is 73.7 Å². The van der Waals surface area contributed by atoms with Crippen molar-refractivity contribution in [3.63, 3.8) is 0 Å². The van der Waals surface area contributed by atoms with Gasteiger partial charge in [0, 0.05) is 90.6 Å². The monoisotopic (exact) mass is 1390 g/mol. The summed E-state index contributed by atoms with van der Waals surface area (Å²) in [7, 11) is -15.3. The van der Waals surface area contributed by atoms with E-state index in [2.05, 4.69) is 149 Å². The maximum atomic E-state index is 14.1. The van der Waals surface area contributed by atoms with E-state index in [0.717, 1.165) is 79.6 Å². The summed E-state index contributed by atoms with van der Waals surface area (Å²) < 4.78 is 132. The number of benzene rings is 3. The quantitative estimate of drug-likeness (QED) is 0.0213. The molecule has 1 aliphatic rings. The Bertz CT molecular complexity index is 4180. The molecule has 0 bridgehead atoms. The van der Waals surface area contributed by atoms with Crippen molar-refractivity contribution in [2.75, 3.05) is 31.6 Å². The minimum atomic E-state index is -6.09. The molecule has 0 amide bonds. The van der Waals surface area contributed by atoms with Crippen molar-refractivity contribution < 1.29 is 75.4 Å². The third-order valence-electron chi connectivity index (χ3n) is 15.4. The van der Waals surface area contributed by atoms with Crippen molar-refractivity contribution in [2.24, 2.45) is 5.14 Å². The Kier molecular flexibility index (Phi) is 30.0. The van der Waals surface area contributed by atoms with Crippen molar-refractivity contribution in [2.45, 2.75) is 145 Å². The molecule has 0 fully saturated rings. The second-order valence-electron chi connectivity index (χ2n) is 22.4. The molecule has 0 saturated carbocycles. The third-order valence-corrected chi connectivity index (χ3v) is 19.4. The highest BCUT2D eigenvalue weighted by Gasteiger charge is 2.37. The molecule has 0 aliphatic heterocycles. The molecule has 0 radical (unpaired) electrons. The number of aromatic nitrogens is 5. The number of rotatable bonds is 20. The van der Waals surface area contributed by atoms with Crippen molar-refractivity contribution in [3.05, 3.63) is 188 Å². The molecule has 4 N–H and O–H groups in total. The Morgan fingerprint density at radius 2 is 1.16 bits per heavy atom. The first-order valence-corrected chi connectivity index (χ1v) is 36.5. The van der Waals surface area contributed by atoms with Crippen LogP contribution in [0.15, 0.2) is 186 Å². The number of halogens is 3. The van der Waals surface area contributed by atoms with E-state index >= 15 is 0 Å². The number of anilines is 1. The fourth-order valence-electron chi connectivity index (χ4n) is 10.2. The number of hydrogen-bond acceptors (Lipinski definition) is 10. The second kappa shape index (κ2) is 36.7. The van der Waals surface area contributed by atoms with Gasteiger partial charge in [-0.05, 0) is 147 Å². The molecule has 96 heavy (non-hydrogen) atoms. The van der Waals surface area contributed by atoms with E-state index in [1.165, 1.54) is 66.3 Å². The van der Waals surface area contributed by atoms with E-state index in [9.17, 15) is 34.9 Å². The molecule has 0 spiro atoms. The zero-order valence-corrected chi connectivity index (χ0v) is 58.3. The van der Waals surface area contributed by atoms with Gasteiger partial charge in [-0.2, -0.15) is 31.1 Å². The number of nitrogens with zero attached hydrogens (tertiary/aromatic N) is 6. The predicted octanol–water partition coefficient (Wildman–Crippen LogP) is 10.5. The third kappa shape index (κ3) is 23.5. The Hall–Kier alpha value is -8.32. The Morgan fingerprint density at radius 1 is 0.698 bits per heavy atom. The van der Waals surface area contributed by atoms with Crippen LogP contribution in [0.5, 0.6) is 0 Å². The summed E-state index contributed by atoms with van der Waals surface area (Å²) in [5.41, 5.74) is 4.17. The standard InChI is InChI=1S/C30H38N4O3S2.C18H26N2.C16H14N2.C7H8O3S.CHF3O3S/c1-5-17-34-28-16-15-27(39(31,35,36)26-14-10-13-25(20-26)32-30(38)37-8-4)19-24(28)18-22-11-9-12-23(29(22)34)21-33(6-2)7-3;1-3-5-11-19-13-7-17(8-14-19)18-9-15-20(16-10-18)12-6-4-2;1-3-9-17-11-5-15(6-12-17)16-7-13-18(10-4-2)14-8-16;1-6-2-4-7(5-3-6)11(8,9)10;2-1(3,4)8(5,6)7/h1,10,13-16,18-20,23H,6-9,11-12,17,21H2,2-4H3,(H3-,31,32,35,36,38);7-10,13-16H,3-6,11-12H2,1-2H3;1-2,5-8,11-14H,9-10H2;2-5H,1H3,(H,8,9,10);(H,5,6,7)/q;2*+2;;/p-1. The normalized spacial score (nSPS) is 13.1. The molecule has 24 heteroatoms. The van der Waals surface area contributed by atoms with Crippen LogP contribution in [0.1, 0.15) is 95.9 Å². The number of alkyl halides is 3. The molecule has 9 rings (SSSR count). The van der Waals surface area contributed by atoms with Gasteiger partial charge in [0.1, 0.15) is 23.2 Å². The second-order valence-corrected chi connectivity index (χ2v) is 28.4. The number of likely N-dealkylation sites (N-methyl/N-ethyl adjacent to an activating group) is 1. The molecular weight excluding hydrogens is 1310 g/mol. The summed E-state index contributed by atoms with van der Waals surface area (Å²) >= 11 is 5.16. The number of unbranched alkanes of at least 4 members (excludes halogenated alkanes) is 2. The van der Waals surface area contributed by atoms with Gasteiger partial charge in [-0.15, -0.1) is 19.3 Å². The largest absolute Gasteiger partial charge is 0.744 e. The number of ether oxygens (including phenoxy) is 1. The van der Waals surface area contributed by atoms with Crippen LogP contribution in [-0.4, -0.2) is 76.5 Å². The lowest BCUT2D eigenvalue weighted by atomic mass is 9.85. The van der Waals surface area contributed by atoms with Crippen molar-refractivity contribution >= 4 is 63.8 Å².